The van der Waals surface area contributed by atoms with Gasteiger partial charge in [0.05, 0.1) is 6.07 Å². The van der Waals surface area contributed by atoms with Crippen molar-refractivity contribution in [3.05, 3.63) is 0 Å². The molecule has 2 unspecified atom stereocenters. The van der Waals surface area contributed by atoms with Gasteiger partial charge in [-0.2, -0.15) is 5.26 Å². The van der Waals surface area contributed by atoms with Crippen LogP contribution in [-0.4, -0.2) is 0 Å². The second-order valence-corrected chi connectivity index (χ2v) is 5.94. The third-order valence-electron chi connectivity index (χ3n) is 5.03. The van der Waals surface area contributed by atoms with E-state index in [1.165, 1.54) is 51.4 Å². The van der Waals surface area contributed by atoms with E-state index in [4.69, 9.17) is 5.26 Å². The Bertz CT molecular complexity index is 245. The van der Waals surface area contributed by atoms with E-state index in [1.54, 1.807) is 0 Å². The Hall–Kier alpha value is -0.510. The minimum Gasteiger partial charge on any atom is -0.198 e. The van der Waals surface area contributed by atoms with Crippen LogP contribution < -0.4 is 0 Å². The number of nitrogens with zero attached hydrogens (tertiary/aromatic N) is 1. The molecule has 0 aromatic carbocycles. The average molecular weight is 219 g/mol. The summed E-state index contributed by atoms with van der Waals surface area (Å²) in [6.45, 7) is 2.33. The molecule has 2 rings (SSSR count). The van der Waals surface area contributed by atoms with Crippen molar-refractivity contribution < 1.29 is 0 Å². The predicted octanol–water partition coefficient (Wildman–Crippen LogP) is 4.53. The van der Waals surface area contributed by atoms with Gasteiger partial charge in [0.15, 0.2) is 0 Å². The van der Waals surface area contributed by atoms with Crippen molar-refractivity contribution in [3.8, 4) is 6.07 Å². The molecule has 0 bridgehead atoms. The molecule has 90 valence electrons. The number of hydrogen-bond donors (Lipinski definition) is 0. The Labute approximate surface area is 100 Å². The van der Waals surface area contributed by atoms with Crippen LogP contribution in [0.25, 0.3) is 0 Å². The predicted molar refractivity (Wildman–Crippen MR) is 66.8 cm³/mol. The molecule has 0 saturated heterocycles. The van der Waals surface area contributed by atoms with Crippen molar-refractivity contribution in [2.45, 2.75) is 64.7 Å². The zero-order valence-electron chi connectivity index (χ0n) is 10.6. The lowest BCUT2D eigenvalue weighted by Gasteiger charge is -2.36. The standard InChI is InChI=1S/C15H25N/c1-2-12-6-8-14(9-7-12)15-5-3-4-13(10-15)11-16/h12-15H,2-10H2,1H3/t12-,13?,14-,15?. The van der Waals surface area contributed by atoms with Gasteiger partial charge in [0.2, 0.25) is 0 Å². The maximum Gasteiger partial charge on any atom is 0.0655 e. The highest BCUT2D eigenvalue weighted by Gasteiger charge is 2.30. The largest absolute Gasteiger partial charge is 0.198 e. The Morgan fingerprint density at radius 3 is 2.38 bits per heavy atom. The molecule has 0 heterocycles. The Morgan fingerprint density at radius 1 is 1.00 bits per heavy atom. The van der Waals surface area contributed by atoms with Crippen LogP contribution >= 0.6 is 0 Å². The maximum atomic E-state index is 9.04. The van der Waals surface area contributed by atoms with Crippen LogP contribution in [0.5, 0.6) is 0 Å². The van der Waals surface area contributed by atoms with Crippen LogP contribution in [0.2, 0.25) is 0 Å². The monoisotopic (exact) mass is 219 g/mol. The second-order valence-electron chi connectivity index (χ2n) is 5.94. The Morgan fingerprint density at radius 2 is 1.75 bits per heavy atom. The maximum absolute atomic E-state index is 9.04. The number of nitriles is 1. The lowest BCUT2D eigenvalue weighted by molar-refractivity contribution is 0.152. The summed E-state index contributed by atoms with van der Waals surface area (Å²) in [6.07, 6.45) is 12.2. The molecule has 0 spiro atoms. The quantitative estimate of drug-likeness (QED) is 0.669. The summed E-state index contributed by atoms with van der Waals surface area (Å²) < 4.78 is 0. The van der Waals surface area contributed by atoms with Crippen LogP contribution in [0.3, 0.4) is 0 Å². The van der Waals surface area contributed by atoms with Gasteiger partial charge in [0.25, 0.3) is 0 Å². The molecular formula is C15H25N. The highest BCUT2D eigenvalue weighted by molar-refractivity contribution is 4.90. The molecule has 2 aliphatic carbocycles. The first-order valence-electron chi connectivity index (χ1n) is 7.23. The van der Waals surface area contributed by atoms with E-state index in [9.17, 15) is 0 Å². The fourth-order valence-corrected chi connectivity index (χ4v) is 3.84. The minimum absolute atomic E-state index is 0.377. The fraction of sp³-hybridized carbons (Fsp3) is 0.933. The summed E-state index contributed by atoms with van der Waals surface area (Å²) in [6, 6.07) is 2.49. The first-order chi connectivity index (χ1) is 7.83. The zero-order chi connectivity index (χ0) is 11.4. The summed E-state index contributed by atoms with van der Waals surface area (Å²) in [5.74, 6) is 3.23. The van der Waals surface area contributed by atoms with Gasteiger partial charge < -0.3 is 0 Å². The highest BCUT2D eigenvalue weighted by atomic mass is 14.4. The number of rotatable bonds is 2. The van der Waals surface area contributed by atoms with Crippen molar-refractivity contribution in [1.29, 1.82) is 5.26 Å². The third kappa shape index (κ3) is 2.78. The molecule has 0 N–H and O–H groups in total. The van der Waals surface area contributed by atoms with E-state index in [1.807, 2.05) is 0 Å². The van der Waals surface area contributed by atoms with Gasteiger partial charge in [0.1, 0.15) is 0 Å². The Kier molecular flexibility index (Phi) is 4.27. The van der Waals surface area contributed by atoms with E-state index < -0.39 is 0 Å². The summed E-state index contributed by atoms with van der Waals surface area (Å²) in [4.78, 5) is 0. The van der Waals surface area contributed by atoms with Crippen molar-refractivity contribution >= 4 is 0 Å². The first-order valence-corrected chi connectivity index (χ1v) is 7.23. The average Bonchev–Trinajstić information content (AvgIpc) is 2.39. The van der Waals surface area contributed by atoms with E-state index in [0.29, 0.717) is 5.92 Å². The smallest absolute Gasteiger partial charge is 0.0655 e. The highest BCUT2D eigenvalue weighted by Crippen LogP contribution is 2.41. The molecule has 2 saturated carbocycles. The van der Waals surface area contributed by atoms with Gasteiger partial charge in [-0.1, -0.05) is 39.0 Å². The molecule has 16 heavy (non-hydrogen) atoms. The normalized spacial score (nSPS) is 40.2. The molecular weight excluding hydrogens is 194 g/mol. The van der Waals surface area contributed by atoms with Gasteiger partial charge in [0, 0.05) is 5.92 Å². The third-order valence-corrected chi connectivity index (χ3v) is 5.03. The molecule has 2 atom stereocenters. The van der Waals surface area contributed by atoms with E-state index >= 15 is 0 Å². The fourth-order valence-electron chi connectivity index (χ4n) is 3.84. The van der Waals surface area contributed by atoms with Crippen LogP contribution in [0.4, 0.5) is 0 Å². The Balaban J connectivity index is 1.82. The molecule has 0 radical (unpaired) electrons. The summed E-state index contributed by atoms with van der Waals surface area (Å²) in [7, 11) is 0. The molecule has 2 fully saturated rings. The minimum atomic E-state index is 0.377. The van der Waals surface area contributed by atoms with Crippen molar-refractivity contribution in [3.63, 3.8) is 0 Å². The summed E-state index contributed by atoms with van der Waals surface area (Å²) in [5, 5.41) is 9.04. The van der Waals surface area contributed by atoms with Gasteiger partial charge in [-0.05, 0) is 43.4 Å². The second kappa shape index (κ2) is 5.71. The SMILES string of the molecule is CC[C@H]1CC[C@H](C2CCCC(C#N)C2)CC1. The molecule has 0 aliphatic heterocycles. The van der Waals surface area contributed by atoms with Crippen LogP contribution in [0.1, 0.15) is 64.7 Å². The van der Waals surface area contributed by atoms with Gasteiger partial charge in [-0.15, -0.1) is 0 Å². The summed E-state index contributed by atoms with van der Waals surface area (Å²) in [5.41, 5.74) is 0. The molecule has 1 nitrogen and oxygen atoms in total. The van der Waals surface area contributed by atoms with Gasteiger partial charge >= 0.3 is 0 Å². The lowest BCUT2D eigenvalue weighted by atomic mass is 9.68. The van der Waals surface area contributed by atoms with E-state index in [2.05, 4.69) is 13.0 Å². The van der Waals surface area contributed by atoms with Gasteiger partial charge in [-0.25, -0.2) is 0 Å². The molecule has 0 amide bonds. The van der Waals surface area contributed by atoms with E-state index in [0.717, 1.165) is 24.2 Å². The first kappa shape index (κ1) is 12.0. The molecule has 2 aliphatic rings. The van der Waals surface area contributed by atoms with E-state index in [-0.39, 0.29) is 0 Å². The van der Waals surface area contributed by atoms with Gasteiger partial charge in [-0.3, -0.25) is 0 Å². The lowest BCUT2D eigenvalue weighted by Crippen LogP contribution is -2.26. The molecule has 0 aromatic heterocycles. The molecule has 0 aromatic rings. The van der Waals surface area contributed by atoms with Crippen molar-refractivity contribution in [1.82, 2.24) is 0 Å². The van der Waals surface area contributed by atoms with Crippen molar-refractivity contribution in [2.24, 2.45) is 23.7 Å². The number of hydrogen-bond acceptors (Lipinski definition) is 1. The molecule has 1 heteroatoms. The zero-order valence-corrected chi connectivity index (χ0v) is 10.6. The topological polar surface area (TPSA) is 23.8 Å². The van der Waals surface area contributed by atoms with Crippen LogP contribution in [0.15, 0.2) is 0 Å². The summed E-state index contributed by atoms with van der Waals surface area (Å²) >= 11 is 0. The van der Waals surface area contributed by atoms with Crippen LogP contribution in [0, 0.1) is 35.0 Å². The van der Waals surface area contributed by atoms with Crippen LogP contribution in [-0.2, 0) is 0 Å². The van der Waals surface area contributed by atoms with Crippen molar-refractivity contribution in [2.75, 3.05) is 0 Å².